The van der Waals surface area contributed by atoms with Gasteiger partial charge in [-0.25, -0.2) is 4.98 Å². The average molecular weight is 348 g/mol. The van der Waals surface area contributed by atoms with Gasteiger partial charge in [0, 0.05) is 29.0 Å². The number of carbonyl (C=O) groups is 1. The van der Waals surface area contributed by atoms with Gasteiger partial charge in [0.25, 0.3) is 0 Å². The van der Waals surface area contributed by atoms with Crippen LogP contribution in [0.1, 0.15) is 12.0 Å². The van der Waals surface area contributed by atoms with Crippen LogP contribution in [-0.4, -0.2) is 22.8 Å². The van der Waals surface area contributed by atoms with Gasteiger partial charge in [0.05, 0.1) is 0 Å². The summed E-state index contributed by atoms with van der Waals surface area (Å²) in [6.07, 6.45) is 2.36. The van der Waals surface area contributed by atoms with E-state index in [-0.39, 0.29) is 5.91 Å². The molecule has 0 aromatic carbocycles. The SMILES string of the molecule is Cc1cc(N2CC(CBr)CC2=O)ncc1Br. The summed E-state index contributed by atoms with van der Waals surface area (Å²) >= 11 is 6.83. The molecule has 1 aliphatic rings. The number of aromatic nitrogens is 1. The van der Waals surface area contributed by atoms with Gasteiger partial charge in [-0.1, -0.05) is 15.9 Å². The topological polar surface area (TPSA) is 33.2 Å². The van der Waals surface area contributed by atoms with Crippen LogP contribution < -0.4 is 4.90 Å². The van der Waals surface area contributed by atoms with E-state index in [9.17, 15) is 4.79 Å². The molecule has 1 amide bonds. The van der Waals surface area contributed by atoms with Crippen LogP contribution in [-0.2, 0) is 4.79 Å². The van der Waals surface area contributed by atoms with Crippen LogP contribution in [0, 0.1) is 12.8 Å². The molecule has 0 aliphatic carbocycles. The fourth-order valence-electron chi connectivity index (χ4n) is 1.78. The first-order chi connectivity index (χ1) is 7.61. The molecule has 0 N–H and O–H groups in total. The van der Waals surface area contributed by atoms with Crippen LogP contribution in [0.5, 0.6) is 0 Å². The van der Waals surface area contributed by atoms with Gasteiger partial charge in [0.2, 0.25) is 5.91 Å². The normalized spacial score (nSPS) is 20.6. The van der Waals surface area contributed by atoms with E-state index in [1.807, 2.05) is 13.0 Å². The molecule has 2 rings (SSSR count). The zero-order valence-electron chi connectivity index (χ0n) is 8.91. The number of amides is 1. The van der Waals surface area contributed by atoms with Crippen LogP contribution in [0.3, 0.4) is 0 Å². The first kappa shape index (κ1) is 12.0. The number of halogens is 2. The molecule has 1 aromatic heterocycles. The van der Waals surface area contributed by atoms with Crippen molar-refractivity contribution >= 4 is 43.6 Å². The number of carbonyl (C=O) groups excluding carboxylic acids is 1. The van der Waals surface area contributed by atoms with E-state index in [4.69, 9.17) is 0 Å². The summed E-state index contributed by atoms with van der Waals surface area (Å²) in [6, 6.07) is 1.94. The molecule has 1 unspecified atom stereocenters. The standard InChI is InChI=1S/C11H12Br2N2O/c1-7-2-10(14-5-9(7)13)15-6-8(4-12)3-11(15)16/h2,5,8H,3-4,6H2,1H3. The number of rotatable bonds is 2. The molecule has 1 aliphatic heterocycles. The molecule has 16 heavy (non-hydrogen) atoms. The van der Waals surface area contributed by atoms with Crippen molar-refractivity contribution in [3.63, 3.8) is 0 Å². The van der Waals surface area contributed by atoms with Gasteiger partial charge in [0.15, 0.2) is 0 Å². The lowest BCUT2D eigenvalue weighted by atomic mass is 10.2. The Bertz CT molecular complexity index is 422. The number of pyridine rings is 1. The maximum atomic E-state index is 11.8. The number of hydrogen-bond acceptors (Lipinski definition) is 2. The first-order valence-corrected chi connectivity index (χ1v) is 7.01. The fraction of sp³-hybridized carbons (Fsp3) is 0.455. The van der Waals surface area contributed by atoms with Crippen molar-refractivity contribution < 1.29 is 4.79 Å². The second-order valence-electron chi connectivity index (χ2n) is 4.02. The van der Waals surface area contributed by atoms with Crippen LogP contribution in [0.25, 0.3) is 0 Å². The number of alkyl halides is 1. The van der Waals surface area contributed by atoms with Gasteiger partial charge in [-0.3, -0.25) is 9.69 Å². The molecule has 3 nitrogen and oxygen atoms in total. The maximum absolute atomic E-state index is 11.8. The van der Waals surface area contributed by atoms with Gasteiger partial charge in [0.1, 0.15) is 5.82 Å². The minimum Gasteiger partial charge on any atom is -0.296 e. The first-order valence-electron chi connectivity index (χ1n) is 5.10. The summed E-state index contributed by atoms with van der Waals surface area (Å²) in [7, 11) is 0. The second-order valence-corrected chi connectivity index (χ2v) is 5.52. The summed E-state index contributed by atoms with van der Waals surface area (Å²) in [5, 5.41) is 0.866. The Morgan fingerprint density at radius 1 is 1.62 bits per heavy atom. The van der Waals surface area contributed by atoms with Gasteiger partial charge < -0.3 is 0 Å². The summed E-state index contributed by atoms with van der Waals surface area (Å²) in [5.74, 6) is 1.33. The Hall–Kier alpha value is -0.420. The predicted molar refractivity (Wildman–Crippen MR) is 70.9 cm³/mol. The van der Waals surface area contributed by atoms with Crippen molar-refractivity contribution in [1.29, 1.82) is 0 Å². The lowest BCUT2D eigenvalue weighted by Gasteiger charge is -2.15. The summed E-state index contributed by atoms with van der Waals surface area (Å²) in [4.78, 5) is 17.8. The summed E-state index contributed by atoms with van der Waals surface area (Å²) in [6.45, 7) is 2.76. The Balaban J connectivity index is 2.24. The largest absolute Gasteiger partial charge is 0.296 e. The van der Waals surface area contributed by atoms with Gasteiger partial charge in [-0.15, -0.1) is 0 Å². The predicted octanol–water partition coefficient (Wildman–Crippen LogP) is 2.90. The molecule has 0 saturated carbocycles. The molecular weight excluding hydrogens is 336 g/mol. The number of nitrogens with zero attached hydrogens (tertiary/aromatic N) is 2. The molecule has 0 spiro atoms. The fourth-order valence-corrected chi connectivity index (χ4v) is 2.43. The molecule has 5 heteroatoms. The Morgan fingerprint density at radius 2 is 2.38 bits per heavy atom. The smallest absolute Gasteiger partial charge is 0.228 e. The number of aryl methyl sites for hydroxylation is 1. The Labute approximate surface area is 111 Å². The van der Waals surface area contributed by atoms with Gasteiger partial charge >= 0.3 is 0 Å². The van der Waals surface area contributed by atoms with Crippen LogP contribution in [0.2, 0.25) is 0 Å². The molecule has 1 aromatic rings. The quantitative estimate of drug-likeness (QED) is 0.771. The molecule has 1 fully saturated rings. The van der Waals surface area contributed by atoms with E-state index in [1.54, 1.807) is 11.1 Å². The molecule has 1 saturated heterocycles. The minimum absolute atomic E-state index is 0.165. The monoisotopic (exact) mass is 346 g/mol. The van der Waals surface area contributed by atoms with Crippen LogP contribution >= 0.6 is 31.9 Å². The summed E-state index contributed by atoms with van der Waals surface area (Å²) < 4.78 is 0.972. The van der Waals surface area contributed by atoms with Crippen molar-refractivity contribution in [2.24, 2.45) is 5.92 Å². The van der Waals surface area contributed by atoms with Gasteiger partial charge in [-0.2, -0.15) is 0 Å². The van der Waals surface area contributed by atoms with E-state index in [2.05, 4.69) is 36.8 Å². The van der Waals surface area contributed by atoms with Crippen molar-refractivity contribution in [2.45, 2.75) is 13.3 Å². The number of hydrogen-bond donors (Lipinski definition) is 0. The van der Waals surface area contributed by atoms with Crippen molar-refractivity contribution in [3.05, 3.63) is 22.3 Å². The van der Waals surface area contributed by atoms with E-state index < -0.39 is 0 Å². The zero-order valence-corrected chi connectivity index (χ0v) is 12.1. The average Bonchev–Trinajstić information content (AvgIpc) is 2.64. The molecule has 2 heterocycles. The summed E-state index contributed by atoms with van der Waals surface area (Å²) in [5.41, 5.74) is 1.10. The highest BCUT2D eigenvalue weighted by Gasteiger charge is 2.30. The lowest BCUT2D eigenvalue weighted by molar-refractivity contribution is -0.117. The third kappa shape index (κ3) is 2.30. The zero-order chi connectivity index (χ0) is 11.7. The molecule has 1 atom stereocenters. The molecule has 0 bridgehead atoms. The highest BCUT2D eigenvalue weighted by molar-refractivity contribution is 9.10. The third-order valence-corrected chi connectivity index (χ3v) is 4.48. The van der Waals surface area contributed by atoms with Crippen molar-refractivity contribution in [3.8, 4) is 0 Å². The molecule has 0 radical (unpaired) electrons. The highest BCUT2D eigenvalue weighted by atomic mass is 79.9. The molecule has 86 valence electrons. The highest BCUT2D eigenvalue weighted by Crippen LogP contribution is 2.26. The van der Waals surface area contributed by atoms with Gasteiger partial charge in [-0.05, 0) is 40.4 Å². The number of anilines is 1. The minimum atomic E-state index is 0.165. The van der Waals surface area contributed by atoms with E-state index in [0.717, 1.165) is 27.7 Å². The second kappa shape index (κ2) is 4.84. The van der Waals surface area contributed by atoms with Crippen LogP contribution in [0.4, 0.5) is 5.82 Å². The van der Waals surface area contributed by atoms with E-state index >= 15 is 0 Å². The van der Waals surface area contributed by atoms with Crippen molar-refractivity contribution in [2.75, 3.05) is 16.8 Å². The van der Waals surface area contributed by atoms with Crippen LogP contribution in [0.15, 0.2) is 16.7 Å². The lowest BCUT2D eigenvalue weighted by Crippen LogP contribution is -2.25. The van der Waals surface area contributed by atoms with E-state index in [1.165, 1.54) is 0 Å². The third-order valence-electron chi connectivity index (χ3n) is 2.73. The Morgan fingerprint density at radius 3 is 2.94 bits per heavy atom. The maximum Gasteiger partial charge on any atom is 0.228 e. The molecular formula is C11H12Br2N2O. The Kier molecular flexibility index (Phi) is 3.64. The van der Waals surface area contributed by atoms with E-state index in [0.29, 0.717) is 12.3 Å². The van der Waals surface area contributed by atoms with Crippen molar-refractivity contribution in [1.82, 2.24) is 4.98 Å².